The Balaban J connectivity index is 0.00000127. The molecule has 0 atom stereocenters. The van der Waals surface area contributed by atoms with Crippen molar-refractivity contribution < 1.29 is 8.78 Å². The van der Waals surface area contributed by atoms with Crippen LogP contribution in [0.15, 0.2) is 42.5 Å². The molecule has 0 N–H and O–H groups in total. The minimum absolute atomic E-state index is 0.548. The van der Waals surface area contributed by atoms with E-state index in [-0.39, 0.29) is 0 Å². The van der Waals surface area contributed by atoms with Crippen LogP contribution in [-0.4, -0.2) is 0 Å². The highest BCUT2D eigenvalue weighted by molar-refractivity contribution is 5.80. The van der Waals surface area contributed by atoms with Gasteiger partial charge in [-0.15, -0.1) is 0 Å². The number of hydrogen-bond acceptors (Lipinski definition) is 0. The number of hydrogen-bond donors (Lipinski definition) is 0. The first-order chi connectivity index (χ1) is 11.0. The molecule has 0 heterocycles. The van der Waals surface area contributed by atoms with Crippen molar-refractivity contribution in [3.8, 4) is 0 Å². The van der Waals surface area contributed by atoms with Crippen LogP contribution in [0.3, 0.4) is 0 Å². The molecule has 1 aliphatic rings. The number of halogens is 2. The van der Waals surface area contributed by atoms with Gasteiger partial charge in [-0.1, -0.05) is 45.6 Å². The van der Waals surface area contributed by atoms with Crippen molar-refractivity contribution >= 4 is 5.57 Å². The molecule has 1 aromatic carbocycles. The highest BCUT2D eigenvalue weighted by Crippen LogP contribution is 2.45. The molecule has 2 rings (SSSR count). The Morgan fingerprint density at radius 1 is 1.26 bits per heavy atom. The fourth-order valence-corrected chi connectivity index (χ4v) is 2.68. The predicted molar refractivity (Wildman–Crippen MR) is 97.0 cm³/mol. The summed E-state index contributed by atoms with van der Waals surface area (Å²) in [4.78, 5) is 0. The zero-order valence-corrected chi connectivity index (χ0v) is 15.0. The molecule has 0 aliphatic heterocycles. The van der Waals surface area contributed by atoms with Crippen molar-refractivity contribution in [1.82, 2.24) is 0 Å². The van der Waals surface area contributed by atoms with Crippen LogP contribution >= 0.6 is 0 Å². The Labute approximate surface area is 139 Å². The largest absolute Gasteiger partial charge is 0.209 e. The third-order valence-electron chi connectivity index (χ3n) is 3.97. The molecule has 1 aliphatic carbocycles. The lowest BCUT2D eigenvalue weighted by Gasteiger charge is -2.16. The normalized spacial score (nSPS) is 15.5. The fraction of sp³-hybridized carbons (Fsp3) is 0.429. The molecule has 1 saturated carbocycles. The molecule has 0 radical (unpaired) electrons. The molecule has 23 heavy (non-hydrogen) atoms. The Morgan fingerprint density at radius 2 is 1.87 bits per heavy atom. The molecule has 1 aromatic rings. The quantitative estimate of drug-likeness (QED) is 0.503. The highest BCUT2D eigenvalue weighted by atomic mass is 19.2. The van der Waals surface area contributed by atoms with Crippen LogP contribution in [0.4, 0.5) is 8.78 Å². The van der Waals surface area contributed by atoms with E-state index in [4.69, 9.17) is 0 Å². The van der Waals surface area contributed by atoms with E-state index in [0.29, 0.717) is 11.5 Å². The summed E-state index contributed by atoms with van der Waals surface area (Å²) >= 11 is 0. The molecule has 2 heteroatoms. The topological polar surface area (TPSA) is 0 Å². The van der Waals surface area contributed by atoms with E-state index >= 15 is 0 Å². The summed E-state index contributed by atoms with van der Waals surface area (Å²) in [7, 11) is 0. The smallest absolute Gasteiger partial charge is 0.154 e. The van der Waals surface area contributed by atoms with Gasteiger partial charge in [0.1, 0.15) is 5.83 Å². The maximum atomic E-state index is 13.7. The lowest BCUT2D eigenvalue weighted by molar-refractivity contribution is 0.556. The van der Waals surface area contributed by atoms with E-state index in [0.717, 1.165) is 24.5 Å². The van der Waals surface area contributed by atoms with Crippen LogP contribution in [0.1, 0.15) is 68.7 Å². The molecule has 0 saturated heterocycles. The van der Waals surface area contributed by atoms with Crippen LogP contribution in [0.25, 0.3) is 5.57 Å². The van der Waals surface area contributed by atoms with Gasteiger partial charge in [0.2, 0.25) is 0 Å². The number of allylic oxidation sites excluding steroid dienone is 5. The molecular formula is C21H28F2. The average molecular weight is 318 g/mol. The zero-order chi connectivity index (χ0) is 17.6. The molecule has 0 amide bonds. The van der Waals surface area contributed by atoms with E-state index in [1.165, 1.54) is 30.0 Å². The summed E-state index contributed by atoms with van der Waals surface area (Å²) in [6.45, 7) is 13.1. The highest BCUT2D eigenvalue weighted by Gasteiger charge is 2.27. The van der Waals surface area contributed by atoms with Gasteiger partial charge >= 0.3 is 0 Å². The van der Waals surface area contributed by atoms with Gasteiger partial charge in [0.05, 0.1) is 0 Å². The summed E-state index contributed by atoms with van der Waals surface area (Å²) in [6.07, 6.45) is 6.19. The molecule has 0 bridgehead atoms. The van der Waals surface area contributed by atoms with Crippen LogP contribution in [0, 0.1) is 6.92 Å². The Morgan fingerprint density at radius 3 is 2.30 bits per heavy atom. The summed E-state index contributed by atoms with van der Waals surface area (Å²) in [5.41, 5.74) is 5.32. The Hall–Kier alpha value is -1.70. The standard InChI is InChI=1S/C19H22F2.C2H6/c1-5-14-9-12(3)19(17(10-14)16-7-8-16)15(6-2)11-18(21)13(4)20;1-2/h6,9-11,16H,2,5,7-8H2,1,3-4H3;1-2H3/b15-11+,18-13-;. The molecule has 0 spiro atoms. The second kappa shape index (κ2) is 8.81. The molecule has 1 fully saturated rings. The van der Waals surface area contributed by atoms with Gasteiger partial charge in [0.15, 0.2) is 5.83 Å². The maximum Gasteiger partial charge on any atom is 0.154 e. The first-order valence-corrected chi connectivity index (χ1v) is 8.47. The fourth-order valence-electron chi connectivity index (χ4n) is 2.68. The number of aryl methyl sites for hydroxylation is 2. The van der Waals surface area contributed by atoms with Gasteiger partial charge < -0.3 is 0 Å². The van der Waals surface area contributed by atoms with E-state index in [1.54, 1.807) is 6.08 Å². The van der Waals surface area contributed by atoms with E-state index in [2.05, 4.69) is 25.6 Å². The third-order valence-corrected chi connectivity index (χ3v) is 3.97. The third kappa shape index (κ3) is 4.89. The van der Waals surface area contributed by atoms with Crippen LogP contribution in [0.2, 0.25) is 0 Å². The Kier molecular flexibility index (Phi) is 7.41. The van der Waals surface area contributed by atoms with Crippen molar-refractivity contribution in [2.45, 2.75) is 59.8 Å². The molecule has 0 aromatic heterocycles. The van der Waals surface area contributed by atoms with Crippen molar-refractivity contribution in [3.05, 3.63) is 64.8 Å². The van der Waals surface area contributed by atoms with Crippen LogP contribution in [-0.2, 0) is 6.42 Å². The molecule has 0 unspecified atom stereocenters. The lowest BCUT2D eigenvalue weighted by atomic mass is 9.89. The van der Waals surface area contributed by atoms with Crippen LogP contribution in [0.5, 0.6) is 0 Å². The van der Waals surface area contributed by atoms with Gasteiger partial charge in [-0.25, -0.2) is 8.78 Å². The van der Waals surface area contributed by atoms with Gasteiger partial charge in [-0.05, 0) is 72.9 Å². The first-order valence-electron chi connectivity index (χ1n) is 8.47. The first kappa shape index (κ1) is 19.3. The molecule has 0 nitrogen and oxygen atoms in total. The van der Waals surface area contributed by atoms with Crippen molar-refractivity contribution in [2.75, 3.05) is 0 Å². The van der Waals surface area contributed by atoms with Gasteiger partial charge in [0.25, 0.3) is 0 Å². The maximum absolute atomic E-state index is 13.7. The predicted octanol–water partition coefficient (Wildman–Crippen LogP) is 7.20. The average Bonchev–Trinajstić information content (AvgIpc) is 3.38. The second-order valence-electron chi connectivity index (χ2n) is 5.69. The van der Waals surface area contributed by atoms with Gasteiger partial charge in [-0.3, -0.25) is 0 Å². The van der Waals surface area contributed by atoms with Gasteiger partial charge in [-0.2, -0.15) is 0 Å². The number of rotatable bonds is 5. The zero-order valence-electron chi connectivity index (χ0n) is 15.0. The lowest BCUT2D eigenvalue weighted by Crippen LogP contribution is -1.98. The van der Waals surface area contributed by atoms with E-state index in [1.807, 2.05) is 20.8 Å². The minimum atomic E-state index is -0.828. The monoisotopic (exact) mass is 318 g/mol. The summed E-state index contributed by atoms with van der Waals surface area (Å²) in [5.74, 6) is -1.08. The second-order valence-corrected chi connectivity index (χ2v) is 5.69. The Bertz CT molecular complexity index is 613. The van der Waals surface area contributed by atoms with Crippen molar-refractivity contribution in [1.29, 1.82) is 0 Å². The van der Waals surface area contributed by atoms with Crippen LogP contribution < -0.4 is 0 Å². The summed E-state index contributed by atoms with van der Waals surface area (Å²) in [5, 5.41) is 0. The van der Waals surface area contributed by atoms with Gasteiger partial charge in [0, 0.05) is 0 Å². The van der Waals surface area contributed by atoms with E-state index < -0.39 is 11.7 Å². The minimum Gasteiger partial charge on any atom is -0.209 e. The SMILES string of the molecule is C=C/C(=C\C(F)=C(/C)F)c1c(C)cc(CC)cc1C1CC1.CC. The molecule has 126 valence electrons. The molecular weight excluding hydrogens is 290 g/mol. The summed E-state index contributed by atoms with van der Waals surface area (Å²) < 4.78 is 26.7. The van der Waals surface area contributed by atoms with Crippen molar-refractivity contribution in [2.24, 2.45) is 0 Å². The number of benzene rings is 1. The van der Waals surface area contributed by atoms with Crippen molar-refractivity contribution in [3.63, 3.8) is 0 Å². The summed E-state index contributed by atoms with van der Waals surface area (Å²) in [6, 6.07) is 4.34. The van der Waals surface area contributed by atoms with E-state index in [9.17, 15) is 8.78 Å².